The summed E-state index contributed by atoms with van der Waals surface area (Å²) in [7, 11) is 1.58. The van der Waals surface area contributed by atoms with Crippen LogP contribution in [0.2, 0.25) is 10.0 Å². The first kappa shape index (κ1) is 21.3. The smallest absolute Gasteiger partial charge is 0.242 e. The number of benzene rings is 2. The summed E-state index contributed by atoms with van der Waals surface area (Å²) >= 11 is 12.1. The predicted octanol–water partition coefficient (Wildman–Crippen LogP) is 4.40. The molecule has 144 valence electrons. The second-order valence-corrected chi connectivity index (χ2v) is 7.29. The van der Waals surface area contributed by atoms with Crippen LogP contribution in [0.25, 0.3) is 0 Å². The molecule has 0 aromatic heterocycles. The Bertz CT molecular complexity index is 824. The molecule has 0 saturated heterocycles. The lowest BCUT2D eigenvalue weighted by atomic mass is 10.1. The van der Waals surface area contributed by atoms with Crippen molar-refractivity contribution in [3.05, 3.63) is 69.2 Å². The van der Waals surface area contributed by atoms with E-state index in [1.165, 1.54) is 0 Å². The van der Waals surface area contributed by atoms with Crippen molar-refractivity contribution in [1.29, 1.82) is 0 Å². The lowest BCUT2D eigenvalue weighted by molar-refractivity contribution is -0.140. The second kappa shape index (κ2) is 9.77. The minimum Gasteiger partial charge on any atom is -0.357 e. The Morgan fingerprint density at radius 2 is 1.81 bits per heavy atom. The van der Waals surface area contributed by atoms with Crippen molar-refractivity contribution in [2.24, 2.45) is 0 Å². The van der Waals surface area contributed by atoms with Crippen LogP contribution in [0, 0.1) is 6.92 Å². The van der Waals surface area contributed by atoms with Crippen LogP contribution in [0.1, 0.15) is 30.0 Å². The van der Waals surface area contributed by atoms with E-state index in [0.29, 0.717) is 16.5 Å². The van der Waals surface area contributed by atoms with Crippen LogP contribution in [0.15, 0.2) is 42.5 Å². The number of hydrogen-bond acceptors (Lipinski definition) is 2. The van der Waals surface area contributed by atoms with Crippen LogP contribution in [-0.2, 0) is 22.6 Å². The standard InChI is InChI=1S/C21H24Cl2N2O2/c1-4-19(21(27)24-3)25(13-16-8-9-17(22)18(23)11-16)20(26)12-15-7-5-6-14(2)10-15/h5-11,19H,4,12-13H2,1-3H3,(H,24,27)/t19-/m0/s1. The number of likely N-dealkylation sites (N-methyl/N-ethyl adjacent to an activating group) is 1. The van der Waals surface area contributed by atoms with Gasteiger partial charge in [0.1, 0.15) is 6.04 Å². The quantitative estimate of drug-likeness (QED) is 0.740. The summed E-state index contributed by atoms with van der Waals surface area (Å²) in [5.74, 6) is -0.294. The van der Waals surface area contributed by atoms with Crippen molar-refractivity contribution in [2.75, 3.05) is 7.05 Å². The lowest BCUT2D eigenvalue weighted by Gasteiger charge is -2.30. The van der Waals surface area contributed by atoms with Crippen LogP contribution >= 0.6 is 23.2 Å². The van der Waals surface area contributed by atoms with Gasteiger partial charge < -0.3 is 10.2 Å². The zero-order valence-corrected chi connectivity index (χ0v) is 17.3. The molecular formula is C21H24Cl2N2O2. The van der Waals surface area contributed by atoms with Crippen molar-refractivity contribution in [3.63, 3.8) is 0 Å². The van der Waals surface area contributed by atoms with E-state index in [0.717, 1.165) is 16.7 Å². The minimum absolute atomic E-state index is 0.109. The van der Waals surface area contributed by atoms with Gasteiger partial charge in [-0.05, 0) is 36.6 Å². The number of nitrogens with one attached hydrogen (secondary N) is 1. The maximum absolute atomic E-state index is 13.1. The molecule has 4 nitrogen and oxygen atoms in total. The van der Waals surface area contributed by atoms with Gasteiger partial charge in [-0.25, -0.2) is 0 Å². The lowest BCUT2D eigenvalue weighted by Crippen LogP contribution is -2.48. The summed E-state index contributed by atoms with van der Waals surface area (Å²) in [4.78, 5) is 27.1. The van der Waals surface area contributed by atoms with Crippen molar-refractivity contribution in [3.8, 4) is 0 Å². The first-order valence-corrected chi connectivity index (χ1v) is 9.61. The highest BCUT2D eigenvalue weighted by molar-refractivity contribution is 6.42. The maximum atomic E-state index is 13.1. The molecule has 0 aliphatic heterocycles. The molecular weight excluding hydrogens is 383 g/mol. The third-order valence-electron chi connectivity index (χ3n) is 4.41. The van der Waals surface area contributed by atoms with E-state index in [9.17, 15) is 9.59 Å². The summed E-state index contributed by atoms with van der Waals surface area (Å²) in [6, 6.07) is 12.5. The van der Waals surface area contributed by atoms with Gasteiger partial charge in [-0.3, -0.25) is 9.59 Å². The molecule has 0 aliphatic rings. The maximum Gasteiger partial charge on any atom is 0.242 e. The SMILES string of the molecule is CC[C@@H](C(=O)NC)N(Cc1ccc(Cl)c(Cl)c1)C(=O)Cc1cccc(C)c1. The van der Waals surface area contributed by atoms with Gasteiger partial charge in [0, 0.05) is 13.6 Å². The van der Waals surface area contributed by atoms with E-state index in [1.807, 2.05) is 44.2 Å². The summed E-state index contributed by atoms with van der Waals surface area (Å²) in [6.07, 6.45) is 0.747. The van der Waals surface area contributed by atoms with E-state index in [-0.39, 0.29) is 24.8 Å². The number of halogens is 2. The van der Waals surface area contributed by atoms with Crippen LogP contribution in [0.5, 0.6) is 0 Å². The van der Waals surface area contributed by atoms with Gasteiger partial charge in [0.05, 0.1) is 16.5 Å². The van der Waals surface area contributed by atoms with E-state index in [1.54, 1.807) is 24.1 Å². The number of nitrogens with zero attached hydrogens (tertiary/aromatic N) is 1. The number of carbonyl (C=O) groups excluding carboxylic acids is 2. The molecule has 0 saturated carbocycles. The fourth-order valence-electron chi connectivity index (χ4n) is 3.02. The molecule has 2 rings (SSSR count). The Kier molecular flexibility index (Phi) is 7.69. The zero-order chi connectivity index (χ0) is 20.0. The zero-order valence-electron chi connectivity index (χ0n) is 15.8. The molecule has 2 aromatic carbocycles. The van der Waals surface area contributed by atoms with E-state index in [4.69, 9.17) is 23.2 Å². The number of amides is 2. The van der Waals surface area contributed by atoms with Crippen LogP contribution in [0.3, 0.4) is 0 Å². The number of hydrogen-bond donors (Lipinski definition) is 1. The Morgan fingerprint density at radius 1 is 1.07 bits per heavy atom. The summed E-state index contributed by atoms with van der Waals surface area (Å²) in [5.41, 5.74) is 2.84. The Labute approximate surface area is 170 Å². The molecule has 1 atom stereocenters. The van der Waals surface area contributed by atoms with E-state index in [2.05, 4.69) is 5.32 Å². The first-order valence-electron chi connectivity index (χ1n) is 8.86. The molecule has 0 radical (unpaired) electrons. The first-order chi connectivity index (χ1) is 12.8. The third kappa shape index (κ3) is 5.72. The van der Waals surface area contributed by atoms with Gasteiger partial charge in [-0.1, -0.05) is 66.0 Å². The molecule has 0 bridgehead atoms. The number of aryl methyl sites for hydroxylation is 1. The molecule has 6 heteroatoms. The van der Waals surface area contributed by atoms with Gasteiger partial charge >= 0.3 is 0 Å². The highest BCUT2D eigenvalue weighted by Gasteiger charge is 2.28. The topological polar surface area (TPSA) is 49.4 Å². The van der Waals surface area contributed by atoms with Gasteiger partial charge in [0.15, 0.2) is 0 Å². The van der Waals surface area contributed by atoms with Crippen molar-refractivity contribution in [1.82, 2.24) is 10.2 Å². The van der Waals surface area contributed by atoms with Crippen LogP contribution < -0.4 is 5.32 Å². The third-order valence-corrected chi connectivity index (χ3v) is 5.15. The average molecular weight is 407 g/mol. The molecule has 0 aliphatic carbocycles. The molecule has 2 aromatic rings. The summed E-state index contributed by atoms with van der Waals surface area (Å²) in [5, 5.41) is 3.53. The fraction of sp³-hybridized carbons (Fsp3) is 0.333. The van der Waals surface area contributed by atoms with Gasteiger partial charge in [-0.2, -0.15) is 0 Å². The van der Waals surface area contributed by atoms with Crippen molar-refractivity contribution >= 4 is 35.0 Å². The number of rotatable bonds is 7. The Hall–Kier alpha value is -2.04. The van der Waals surface area contributed by atoms with Crippen LogP contribution in [-0.4, -0.2) is 29.8 Å². The minimum atomic E-state index is -0.554. The van der Waals surface area contributed by atoms with Gasteiger partial charge in [0.2, 0.25) is 11.8 Å². The normalized spacial score (nSPS) is 11.7. The molecule has 0 unspecified atom stereocenters. The highest BCUT2D eigenvalue weighted by atomic mass is 35.5. The van der Waals surface area contributed by atoms with E-state index < -0.39 is 6.04 Å². The molecule has 0 spiro atoms. The summed E-state index contributed by atoms with van der Waals surface area (Å²) in [6.45, 7) is 4.16. The second-order valence-electron chi connectivity index (χ2n) is 6.47. The number of carbonyl (C=O) groups is 2. The molecule has 27 heavy (non-hydrogen) atoms. The van der Waals surface area contributed by atoms with E-state index >= 15 is 0 Å². The van der Waals surface area contributed by atoms with Crippen molar-refractivity contribution < 1.29 is 9.59 Å². The average Bonchev–Trinajstić information content (AvgIpc) is 2.64. The molecule has 1 N–H and O–H groups in total. The van der Waals surface area contributed by atoms with Gasteiger partial charge in [0.25, 0.3) is 0 Å². The Balaban J connectivity index is 2.31. The highest BCUT2D eigenvalue weighted by Crippen LogP contribution is 2.24. The van der Waals surface area contributed by atoms with Crippen LogP contribution in [0.4, 0.5) is 0 Å². The molecule has 0 fully saturated rings. The summed E-state index contributed by atoms with van der Waals surface area (Å²) < 4.78 is 0. The fourth-order valence-corrected chi connectivity index (χ4v) is 3.34. The van der Waals surface area contributed by atoms with Gasteiger partial charge in [-0.15, -0.1) is 0 Å². The Morgan fingerprint density at radius 3 is 2.41 bits per heavy atom. The monoisotopic (exact) mass is 406 g/mol. The molecule has 2 amide bonds. The largest absolute Gasteiger partial charge is 0.357 e. The van der Waals surface area contributed by atoms with Crippen molar-refractivity contribution in [2.45, 2.75) is 39.3 Å². The molecule has 0 heterocycles. The predicted molar refractivity (Wildman–Crippen MR) is 110 cm³/mol.